The van der Waals surface area contributed by atoms with Gasteiger partial charge in [0.05, 0.1) is 18.8 Å². The van der Waals surface area contributed by atoms with Crippen molar-refractivity contribution in [2.24, 2.45) is 0 Å². The maximum atomic E-state index is 12.1. The lowest BCUT2D eigenvalue weighted by atomic mass is 10.0. The summed E-state index contributed by atoms with van der Waals surface area (Å²) in [7, 11) is 0. The summed E-state index contributed by atoms with van der Waals surface area (Å²) in [5, 5.41) is 3.16. The molecule has 0 saturated carbocycles. The summed E-state index contributed by atoms with van der Waals surface area (Å²) < 4.78 is 11.1. The van der Waals surface area contributed by atoms with Gasteiger partial charge < -0.3 is 14.8 Å². The highest BCUT2D eigenvalue weighted by molar-refractivity contribution is 5.76. The molecule has 3 rings (SSSR count). The highest BCUT2D eigenvalue weighted by Gasteiger charge is 2.24. The van der Waals surface area contributed by atoms with Crippen molar-refractivity contribution in [1.82, 2.24) is 5.32 Å². The second kappa shape index (κ2) is 7.25. The van der Waals surface area contributed by atoms with E-state index >= 15 is 0 Å². The molecule has 1 heterocycles. The molecule has 0 bridgehead atoms. The van der Waals surface area contributed by atoms with E-state index in [0.717, 1.165) is 38.9 Å². The monoisotopic (exact) mass is 303 g/mol. The van der Waals surface area contributed by atoms with Crippen LogP contribution in [0.25, 0.3) is 0 Å². The first-order chi connectivity index (χ1) is 10.7. The maximum absolute atomic E-state index is 12.1. The fraction of sp³-hybridized carbons (Fsp3) is 0.611. The average molecular weight is 303 g/mol. The third kappa shape index (κ3) is 3.68. The van der Waals surface area contributed by atoms with E-state index in [1.54, 1.807) is 0 Å². The number of carbonyl (C=O) groups excluding carboxylic acids is 1. The summed E-state index contributed by atoms with van der Waals surface area (Å²) in [5.41, 5.74) is 4.03. The molecule has 4 heteroatoms. The highest BCUT2D eigenvalue weighted by Crippen LogP contribution is 2.32. The van der Waals surface area contributed by atoms with E-state index in [9.17, 15) is 4.79 Å². The van der Waals surface area contributed by atoms with Crippen molar-refractivity contribution in [3.05, 3.63) is 34.9 Å². The molecule has 22 heavy (non-hydrogen) atoms. The number of hydrogen-bond donors (Lipinski definition) is 1. The Morgan fingerprint density at radius 3 is 2.95 bits per heavy atom. The smallest absolute Gasteiger partial charge is 0.222 e. The van der Waals surface area contributed by atoms with E-state index in [-0.39, 0.29) is 18.1 Å². The molecule has 0 radical (unpaired) electrons. The standard InChI is InChI=1S/C18H25NO3/c1-13-3-2-4-16-15(13)5-6-17(16)19-18(20)9-12-22-14-7-10-21-11-8-14/h2-4,14,17H,5-12H2,1H3,(H,19,20)/t17-/m1/s1. The number of hydrogen-bond acceptors (Lipinski definition) is 3. The van der Waals surface area contributed by atoms with Crippen LogP contribution >= 0.6 is 0 Å². The molecular weight excluding hydrogens is 278 g/mol. The second-order valence-corrected chi connectivity index (χ2v) is 6.23. The fourth-order valence-corrected chi connectivity index (χ4v) is 3.41. The molecular formula is C18H25NO3. The normalized spacial score (nSPS) is 21.6. The number of carbonyl (C=O) groups is 1. The summed E-state index contributed by atoms with van der Waals surface area (Å²) in [5.74, 6) is 0.0893. The summed E-state index contributed by atoms with van der Waals surface area (Å²) in [6.45, 7) is 4.19. The molecule has 0 unspecified atom stereocenters. The molecule has 0 spiro atoms. The molecule has 1 aliphatic heterocycles. The first kappa shape index (κ1) is 15.5. The largest absolute Gasteiger partial charge is 0.381 e. The average Bonchev–Trinajstić information content (AvgIpc) is 2.93. The van der Waals surface area contributed by atoms with Crippen molar-refractivity contribution in [3.63, 3.8) is 0 Å². The predicted octanol–water partition coefficient (Wildman–Crippen LogP) is 2.68. The van der Waals surface area contributed by atoms with Gasteiger partial charge in [0.15, 0.2) is 0 Å². The lowest BCUT2D eigenvalue weighted by Gasteiger charge is -2.22. The lowest BCUT2D eigenvalue weighted by molar-refractivity contribution is -0.123. The van der Waals surface area contributed by atoms with Crippen LogP contribution in [-0.2, 0) is 20.7 Å². The Labute approximate surface area is 132 Å². The van der Waals surface area contributed by atoms with E-state index in [0.29, 0.717) is 13.0 Å². The summed E-state index contributed by atoms with van der Waals surface area (Å²) in [6, 6.07) is 6.53. The van der Waals surface area contributed by atoms with Crippen molar-refractivity contribution < 1.29 is 14.3 Å². The summed E-state index contributed by atoms with van der Waals surface area (Å²) in [6.07, 6.45) is 4.65. The van der Waals surface area contributed by atoms with Crippen LogP contribution in [-0.4, -0.2) is 31.8 Å². The first-order valence-corrected chi connectivity index (χ1v) is 8.31. The van der Waals surface area contributed by atoms with Crippen molar-refractivity contribution in [1.29, 1.82) is 0 Å². The summed E-state index contributed by atoms with van der Waals surface area (Å²) in [4.78, 5) is 12.1. The van der Waals surface area contributed by atoms with Gasteiger partial charge in [0.25, 0.3) is 0 Å². The quantitative estimate of drug-likeness (QED) is 0.910. The first-order valence-electron chi connectivity index (χ1n) is 8.31. The Bertz CT molecular complexity index is 523. The van der Waals surface area contributed by atoms with E-state index in [1.165, 1.54) is 16.7 Å². The van der Waals surface area contributed by atoms with Gasteiger partial charge in [-0.05, 0) is 49.3 Å². The van der Waals surface area contributed by atoms with Crippen molar-refractivity contribution in [2.75, 3.05) is 19.8 Å². The van der Waals surface area contributed by atoms with Crippen LogP contribution in [0.1, 0.15) is 48.4 Å². The highest BCUT2D eigenvalue weighted by atomic mass is 16.5. The van der Waals surface area contributed by atoms with Gasteiger partial charge in [-0.1, -0.05) is 18.2 Å². The Morgan fingerprint density at radius 1 is 1.32 bits per heavy atom. The molecule has 2 aliphatic rings. The predicted molar refractivity (Wildman–Crippen MR) is 84.8 cm³/mol. The lowest BCUT2D eigenvalue weighted by Crippen LogP contribution is -2.29. The maximum Gasteiger partial charge on any atom is 0.222 e. The molecule has 0 aromatic heterocycles. The van der Waals surface area contributed by atoms with Crippen molar-refractivity contribution >= 4 is 5.91 Å². The fourth-order valence-electron chi connectivity index (χ4n) is 3.41. The topological polar surface area (TPSA) is 47.6 Å². The summed E-state index contributed by atoms with van der Waals surface area (Å²) >= 11 is 0. The number of ether oxygens (including phenoxy) is 2. The Hall–Kier alpha value is -1.39. The Balaban J connectivity index is 1.44. The SMILES string of the molecule is Cc1cccc2c1CC[C@H]2NC(=O)CCOC1CCOCC1. The van der Waals surface area contributed by atoms with E-state index in [1.807, 2.05) is 0 Å². The Kier molecular flexibility index (Phi) is 5.11. The molecule has 1 fully saturated rings. The molecule has 1 saturated heterocycles. The van der Waals surface area contributed by atoms with Crippen molar-refractivity contribution in [2.45, 2.75) is 51.2 Å². The number of benzene rings is 1. The van der Waals surface area contributed by atoms with Gasteiger partial charge in [-0.2, -0.15) is 0 Å². The molecule has 1 amide bonds. The van der Waals surface area contributed by atoms with E-state index < -0.39 is 0 Å². The van der Waals surface area contributed by atoms with Gasteiger partial charge in [0.2, 0.25) is 5.91 Å². The van der Waals surface area contributed by atoms with E-state index in [2.05, 4.69) is 30.4 Å². The molecule has 120 valence electrons. The molecule has 1 atom stereocenters. The number of aryl methyl sites for hydroxylation is 1. The molecule has 1 aromatic carbocycles. The minimum Gasteiger partial charge on any atom is -0.381 e. The van der Waals surface area contributed by atoms with Gasteiger partial charge >= 0.3 is 0 Å². The van der Waals surface area contributed by atoms with Crippen molar-refractivity contribution in [3.8, 4) is 0 Å². The van der Waals surface area contributed by atoms with Crippen LogP contribution in [0.4, 0.5) is 0 Å². The number of nitrogens with one attached hydrogen (secondary N) is 1. The van der Waals surface area contributed by atoms with Crippen LogP contribution < -0.4 is 5.32 Å². The van der Waals surface area contributed by atoms with Gasteiger partial charge in [-0.25, -0.2) is 0 Å². The number of amides is 1. The zero-order chi connectivity index (χ0) is 15.4. The van der Waals surface area contributed by atoms with Crippen LogP contribution in [0.3, 0.4) is 0 Å². The van der Waals surface area contributed by atoms with Crippen LogP contribution in [0.15, 0.2) is 18.2 Å². The minimum absolute atomic E-state index is 0.0893. The van der Waals surface area contributed by atoms with Crippen LogP contribution in [0, 0.1) is 6.92 Å². The van der Waals surface area contributed by atoms with Gasteiger partial charge in [-0.3, -0.25) is 4.79 Å². The molecule has 1 aliphatic carbocycles. The number of rotatable bonds is 5. The van der Waals surface area contributed by atoms with Crippen LogP contribution in [0.5, 0.6) is 0 Å². The molecule has 4 nitrogen and oxygen atoms in total. The van der Waals surface area contributed by atoms with Gasteiger partial charge in [-0.15, -0.1) is 0 Å². The van der Waals surface area contributed by atoms with Gasteiger partial charge in [0.1, 0.15) is 0 Å². The second-order valence-electron chi connectivity index (χ2n) is 6.23. The zero-order valence-electron chi connectivity index (χ0n) is 13.3. The zero-order valence-corrected chi connectivity index (χ0v) is 13.3. The minimum atomic E-state index is 0.0893. The van der Waals surface area contributed by atoms with Gasteiger partial charge in [0, 0.05) is 19.6 Å². The molecule has 1 aromatic rings. The third-order valence-electron chi connectivity index (χ3n) is 4.69. The van der Waals surface area contributed by atoms with Crippen LogP contribution in [0.2, 0.25) is 0 Å². The molecule has 1 N–H and O–H groups in total. The number of fused-ring (bicyclic) bond motifs is 1. The Morgan fingerprint density at radius 2 is 2.14 bits per heavy atom. The third-order valence-corrected chi connectivity index (χ3v) is 4.69. The van der Waals surface area contributed by atoms with E-state index in [4.69, 9.17) is 9.47 Å².